The molecule has 0 bridgehead atoms. The van der Waals surface area contributed by atoms with Crippen LogP contribution in [0.15, 0.2) is 4.99 Å². The van der Waals surface area contributed by atoms with E-state index in [-0.39, 0.29) is 24.0 Å². The van der Waals surface area contributed by atoms with Crippen LogP contribution in [0, 0.1) is 0 Å². The van der Waals surface area contributed by atoms with Crippen LogP contribution in [0.25, 0.3) is 0 Å². The predicted octanol–water partition coefficient (Wildman–Crippen LogP) is 0.559. The Balaban J connectivity index is 0.00000264. The molecule has 1 aliphatic rings. The third kappa shape index (κ3) is 6.22. The van der Waals surface area contributed by atoms with Crippen molar-refractivity contribution in [2.24, 2.45) is 4.99 Å². The van der Waals surface area contributed by atoms with Crippen LogP contribution >= 0.6 is 24.0 Å². The zero-order valence-electron chi connectivity index (χ0n) is 14.0. The molecule has 2 heterocycles. The van der Waals surface area contributed by atoms with Crippen LogP contribution in [0.5, 0.6) is 0 Å². The van der Waals surface area contributed by atoms with Crippen LogP contribution in [-0.4, -0.2) is 61.2 Å². The molecule has 1 aliphatic heterocycles. The van der Waals surface area contributed by atoms with Gasteiger partial charge in [0.05, 0.1) is 6.54 Å². The zero-order valence-corrected chi connectivity index (χ0v) is 16.4. The Morgan fingerprint density at radius 2 is 2.22 bits per heavy atom. The van der Waals surface area contributed by atoms with E-state index in [1.54, 1.807) is 21.3 Å². The topological polar surface area (TPSA) is 85.6 Å². The summed E-state index contributed by atoms with van der Waals surface area (Å²) in [5.41, 5.74) is 0. The Kier molecular flexibility index (Phi) is 9.41. The number of nitrogens with zero attached hydrogens (tertiary/aromatic N) is 4. The number of hydrogen-bond donors (Lipinski definition) is 2. The predicted molar refractivity (Wildman–Crippen MR) is 99.2 cm³/mol. The number of methoxy groups -OCH3 is 2. The van der Waals surface area contributed by atoms with Crippen molar-refractivity contribution in [2.45, 2.75) is 38.5 Å². The third-order valence-electron chi connectivity index (χ3n) is 3.56. The Bertz CT molecular complexity index is 494. The molecule has 0 saturated carbocycles. The first-order valence-corrected chi connectivity index (χ1v) is 7.64. The van der Waals surface area contributed by atoms with Crippen LogP contribution in [-0.2, 0) is 29.0 Å². The molecule has 9 heteroatoms. The number of hydrogen-bond acceptors (Lipinski definition) is 5. The molecule has 2 rings (SSSR count). The molecule has 2 N–H and O–H groups in total. The lowest BCUT2D eigenvalue weighted by Crippen LogP contribution is -2.47. The normalized spacial score (nSPS) is 17.3. The zero-order chi connectivity index (χ0) is 15.8. The van der Waals surface area contributed by atoms with E-state index in [9.17, 15) is 0 Å². The van der Waals surface area contributed by atoms with Crippen LogP contribution < -0.4 is 10.6 Å². The molecule has 1 atom stereocenters. The fourth-order valence-corrected chi connectivity index (χ4v) is 2.48. The van der Waals surface area contributed by atoms with Gasteiger partial charge in [0.1, 0.15) is 12.4 Å². The summed E-state index contributed by atoms with van der Waals surface area (Å²) < 4.78 is 12.1. The maximum Gasteiger partial charge on any atom is 0.191 e. The SMILES string of the molecule is CN=C(NCCCOC)NC1CCc2nc(COC)nn2C1.I. The van der Waals surface area contributed by atoms with Gasteiger partial charge in [0.25, 0.3) is 0 Å². The fourth-order valence-electron chi connectivity index (χ4n) is 2.48. The Hall–Kier alpha value is -0.940. The Morgan fingerprint density at radius 1 is 1.39 bits per heavy atom. The van der Waals surface area contributed by atoms with E-state index >= 15 is 0 Å². The van der Waals surface area contributed by atoms with Gasteiger partial charge < -0.3 is 20.1 Å². The smallest absolute Gasteiger partial charge is 0.191 e. The highest BCUT2D eigenvalue weighted by molar-refractivity contribution is 14.0. The van der Waals surface area contributed by atoms with Crippen molar-refractivity contribution in [3.05, 3.63) is 11.6 Å². The van der Waals surface area contributed by atoms with Gasteiger partial charge in [0.15, 0.2) is 11.8 Å². The molecule has 0 aliphatic carbocycles. The summed E-state index contributed by atoms with van der Waals surface area (Å²) in [6, 6.07) is 0.304. The number of rotatable bonds is 7. The quantitative estimate of drug-likeness (QED) is 0.280. The molecule has 0 fully saturated rings. The van der Waals surface area contributed by atoms with E-state index in [1.807, 2.05) is 4.68 Å². The van der Waals surface area contributed by atoms with Crippen LogP contribution in [0.1, 0.15) is 24.5 Å². The van der Waals surface area contributed by atoms with E-state index in [4.69, 9.17) is 9.47 Å². The molecule has 0 aromatic carbocycles. The van der Waals surface area contributed by atoms with Crippen LogP contribution in [0.3, 0.4) is 0 Å². The van der Waals surface area contributed by atoms with Gasteiger partial charge >= 0.3 is 0 Å². The van der Waals surface area contributed by atoms with Crippen molar-refractivity contribution in [3.63, 3.8) is 0 Å². The first-order valence-electron chi connectivity index (χ1n) is 7.64. The van der Waals surface area contributed by atoms with Gasteiger partial charge in [0, 0.05) is 46.9 Å². The molecule has 132 valence electrons. The minimum absolute atomic E-state index is 0. The monoisotopic (exact) mass is 438 g/mol. The molecule has 1 aromatic heterocycles. The highest BCUT2D eigenvalue weighted by atomic mass is 127. The summed E-state index contributed by atoms with van der Waals surface area (Å²) in [6.45, 7) is 2.84. The number of aliphatic imine (C=N–C) groups is 1. The minimum atomic E-state index is 0. The molecular weight excluding hydrogens is 411 g/mol. The van der Waals surface area contributed by atoms with Gasteiger partial charge in [-0.1, -0.05) is 0 Å². The third-order valence-corrected chi connectivity index (χ3v) is 3.56. The van der Waals surface area contributed by atoms with E-state index in [2.05, 4.69) is 25.7 Å². The van der Waals surface area contributed by atoms with Crippen molar-refractivity contribution in [3.8, 4) is 0 Å². The fraction of sp³-hybridized carbons (Fsp3) is 0.786. The number of aromatic nitrogens is 3. The second-order valence-corrected chi connectivity index (χ2v) is 5.28. The van der Waals surface area contributed by atoms with Crippen molar-refractivity contribution in [1.82, 2.24) is 25.4 Å². The van der Waals surface area contributed by atoms with Crippen LogP contribution in [0.2, 0.25) is 0 Å². The molecule has 0 saturated heterocycles. The summed E-state index contributed by atoms with van der Waals surface area (Å²) in [6.07, 6.45) is 2.88. The summed E-state index contributed by atoms with van der Waals surface area (Å²) in [4.78, 5) is 8.74. The first-order chi connectivity index (χ1) is 10.8. The molecule has 1 aromatic rings. The number of ether oxygens (including phenoxy) is 2. The minimum Gasteiger partial charge on any atom is -0.385 e. The largest absolute Gasteiger partial charge is 0.385 e. The van der Waals surface area contributed by atoms with Crippen molar-refractivity contribution < 1.29 is 9.47 Å². The van der Waals surface area contributed by atoms with Gasteiger partial charge in [-0.25, -0.2) is 9.67 Å². The lowest BCUT2D eigenvalue weighted by molar-refractivity contribution is 0.177. The molecule has 1 unspecified atom stereocenters. The van der Waals surface area contributed by atoms with Crippen LogP contribution in [0.4, 0.5) is 0 Å². The summed E-state index contributed by atoms with van der Waals surface area (Å²) in [5, 5.41) is 11.2. The van der Waals surface area contributed by atoms with Gasteiger partial charge in [0.2, 0.25) is 0 Å². The highest BCUT2D eigenvalue weighted by Gasteiger charge is 2.22. The van der Waals surface area contributed by atoms with E-state index in [0.717, 1.165) is 56.6 Å². The van der Waals surface area contributed by atoms with E-state index < -0.39 is 0 Å². The van der Waals surface area contributed by atoms with Crippen molar-refractivity contribution in [1.29, 1.82) is 0 Å². The van der Waals surface area contributed by atoms with Gasteiger partial charge in [-0.3, -0.25) is 4.99 Å². The molecule has 0 spiro atoms. The highest BCUT2D eigenvalue weighted by Crippen LogP contribution is 2.13. The molecule has 8 nitrogen and oxygen atoms in total. The number of nitrogens with one attached hydrogen (secondary N) is 2. The first kappa shape index (κ1) is 20.1. The lowest BCUT2D eigenvalue weighted by atomic mass is 10.1. The van der Waals surface area contributed by atoms with E-state index in [1.165, 1.54) is 0 Å². The number of halogens is 1. The van der Waals surface area contributed by atoms with Crippen molar-refractivity contribution in [2.75, 3.05) is 34.4 Å². The van der Waals surface area contributed by atoms with Gasteiger partial charge in [-0.15, -0.1) is 24.0 Å². The second kappa shape index (κ2) is 10.8. The van der Waals surface area contributed by atoms with Crippen molar-refractivity contribution >= 4 is 29.9 Å². The summed E-state index contributed by atoms with van der Waals surface area (Å²) in [7, 11) is 5.15. The Morgan fingerprint density at radius 3 is 2.91 bits per heavy atom. The Labute approximate surface area is 154 Å². The second-order valence-electron chi connectivity index (χ2n) is 5.28. The summed E-state index contributed by atoms with van der Waals surface area (Å²) in [5.74, 6) is 2.61. The van der Waals surface area contributed by atoms with Gasteiger partial charge in [-0.05, 0) is 12.8 Å². The number of guanidine groups is 1. The molecular formula is C14H27IN6O2. The number of fused-ring (bicyclic) bond motifs is 1. The summed E-state index contributed by atoms with van der Waals surface area (Å²) >= 11 is 0. The van der Waals surface area contributed by atoms with Gasteiger partial charge in [-0.2, -0.15) is 5.10 Å². The average Bonchev–Trinajstić information content (AvgIpc) is 2.92. The lowest BCUT2D eigenvalue weighted by Gasteiger charge is -2.25. The number of aryl methyl sites for hydroxylation is 1. The molecule has 23 heavy (non-hydrogen) atoms. The standard InChI is InChI=1S/C14H26N6O2.HI/c1-15-14(16-7-4-8-21-2)17-11-5-6-13-18-12(10-22-3)19-20(13)9-11;/h11H,4-10H2,1-3H3,(H2,15,16,17);1H. The van der Waals surface area contributed by atoms with E-state index in [0.29, 0.717) is 12.6 Å². The average molecular weight is 438 g/mol. The molecule has 0 amide bonds. The molecule has 0 radical (unpaired) electrons. The maximum absolute atomic E-state index is 5.09. The maximum atomic E-state index is 5.09.